The van der Waals surface area contributed by atoms with Gasteiger partial charge in [0.05, 0.1) is 67.8 Å². The number of alkyl halides is 3. The topological polar surface area (TPSA) is 81.2 Å². The summed E-state index contributed by atoms with van der Waals surface area (Å²) >= 11 is 0. The molecular formula is C40H20F3N5. The van der Waals surface area contributed by atoms with E-state index in [1.165, 1.54) is 12.1 Å². The van der Waals surface area contributed by atoms with E-state index in [-0.39, 0.29) is 16.7 Å². The fourth-order valence-electron chi connectivity index (χ4n) is 6.82. The van der Waals surface area contributed by atoms with Crippen LogP contribution in [-0.4, -0.2) is 9.13 Å². The van der Waals surface area contributed by atoms with Gasteiger partial charge in [-0.15, -0.1) is 0 Å². The molecule has 2 heterocycles. The molecule has 0 saturated heterocycles. The number of rotatable bonds is 3. The number of para-hydroxylation sites is 2. The fraction of sp³-hybridized carbons (Fsp3) is 0.0250. The molecule has 5 nitrogen and oxygen atoms in total. The summed E-state index contributed by atoms with van der Waals surface area (Å²) in [5, 5.41) is 33.6. The van der Waals surface area contributed by atoms with Crippen molar-refractivity contribution >= 4 is 43.6 Å². The number of halogens is 3. The van der Waals surface area contributed by atoms with E-state index >= 15 is 0 Å². The Hall–Kier alpha value is -6.82. The molecule has 0 unspecified atom stereocenters. The summed E-state index contributed by atoms with van der Waals surface area (Å²) in [6.07, 6.45) is -4.68. The molecule has 0 aliphatic heterocycles. The summed E-state index contributed by atoms with van der Waals surface area (Å²) in [6, 6.07) is 41.0. The molecular weight excluding hydrogens is 607 g/mol. The Kier molecular flexibility index (Phi) is 6.34. The molecule has 8 heteroatoms. The maximum absolute atomic E-state index is 14.7. The Morgan fingerprint density at radius 1 is 0.458 bits per heavy atom. The molecule has 2 aromatic heterocycles. The van der Waals surface area contributed by atoms with Crippen LogP contribution >= 0.6 is 0 Å². The van der Waals surface area contributed by atoms with Crippen LogP contribution in [0.25, 0.3) is 66.1 Å². The van der Waals surface area contributed by atoms with E-state index in [4.69, 9.17) is 0 Å². The molecule has 0 spiro atoms. The molecule has 226 valence electrons. The summed E-state index contributed by atoms with van der Waals surface area (Å²) in [4.78, 5) is 0. The average molecular weight is 628 g/mol. The van der Waals surface area contributed by atoms with Crippen molar-refractivity contribution < 1.29 is 13.2 Å². The van der Waals surface area contributed by atoms with Crippen LogP contribution in [0.4, 0.5) is 13.2 Å². The predicted octanol–water partition coefficient (Wildman–Crippen LogP) is 10.2. The SMILES string of the molecule is N#Cc1ccc2c3ccccc3n(-c3cc(-c4ccccc4C(F)(F)F)c(-n4c5ccccc5c5ccc(C#N)cc54)cc3C#N)c2c1. The highest BCUT2D eigenvalue weighted by atomic mass is 19.4. The van der Waals surface area contributed by atoms with Crippen LogP contribution in [0, 0.1) is 34.0 Å². The third kappa shape index (κ3) is 4.23. The summed E-state index contributed by atoms with van der Waals surface area (Å²) in [6.45, 7) is 0. The minimum absolute atomic E-state index is 0.0633. The zero-order valence-electron chi connectivity index (χ0n) is 24.9. The van der Waals surface area contributed by atoms with E-state index in [0.29, 0.717) is 39.1 Å². The molecule has 0 bridgehead atoms. The molecule has 48 heavy (non-hydrogen) atoms. The van der Waals surface area contributed by atoms with Crippen molar-refractivity contribution in [2.24, 2.45) is 0 Å². The van der Waals surface area contributed by atoms with E-state index in [2.05, 4.69) is 18.2 Å². The molecule has 0 radical (unpaired) electrons. The average Bonchev–Trinajstić information content (AvgIpc) is 3.62. The van der Waals surface area contributed by atoms with E-state index < -0.39 is 11.7 Å². The highest BCUT2D eigenvalue weighted by Crippen LogP contribution is 2.44. The quantitative estimate of drug-likeness (QED) is 0.195. The van der Waals surface area contributed by atoms with Crippen molar-refractivity contribution in [1.82, 2.24) is 9.13 Å². The lowest BCUT2D eigenvalue weighted by Crippen LogP contribution is -2.09. The number of nitrogens with zero attached hydrogens (tertiary/aromatic N) is 5. The van der Waals surface area contributed by atoms with Gasteiger partial charge >= 0.3 is 6.18 Å². The Labute approximate surface area is 271 Å². The first-order chi connectivity index (χ1) is 23.3. The van der Waals surface area contributed by atoms with Gasteiger partial charge < -0.3 is 9.13 Å². The molecule has 0 saturated carbocycles. The number of nitriles is 3. The van der Waals surface area contributed by atoms with Gasteiger partial charge in [0.1, 0.15) is 6.07 Å². The van der Waals surface area contributed by atoms with Gasteiger partial charge in [-0.25, -0.2) is 0 Å². The van der Waals surface area contributed by atoms with E-state index in [0.717, 1.165) is 33.1 Å². The van der Waals surface area contributed by atoms with Gasteiger partial charge in [0.25, 0.3) is 0 Å². The number of fused-ring (bicyclic) bond motifs is 6. The third-order valence-electron chi connectivity index (χ3n) is 8.84. The summed E-state index contributed by atoms with van der Waals surface area (Å²) < 4.78 is 47.8. The molecule has 0 fully saturated rings. The second kappa shape index (κ2) is 10.6. The van der Waals surface area contributed by atoms with Crippen molar-refractivity contribution in [3.63, 3.8) is 0 Å². The molecule has 0 amide bonds. The van der Waals surface area contributed by atoms with Gasteiger partial charge in [0, 0.05) is 27.1 Å². The van der Waals surface area contributed by atoms with Gasteiger partial charge in [-0.2, -0.15) is 29.0 Å². The number of hydrogen-bond acceptors (Lipinski definition) is 3. The predicted molar refractivity (Wildman–Crippen MR) is 180 cm³/mol. The summed E-state index contributed by atoms with van der Waals surface area (Å²) in [7, 11) is 0. The molecule has 8 rings (SSSR count). The van der Waals surface area contributed by atoms with Crippen LogP contribution in [0.1, 0.15) is 22.3 Å². The first-order valence-electron chi connectivity index (χ1n) is 14.9. The van der Waals surface area contributed by atoms with Gasteiger partial charge in [-0.3, -0.25) is 0 Å². The fourth-order valence-corrected chi connectivity index (χ4v) is 6.82. The first kappa shape index (κ1) is 28.6. The smallest absolute Gasteiger partial charge is 0.309 e. The first-order valence-corrected chi connectivity index (χ1v) is 14.9. The second-order valence-electron chi connectivity index (χ2n) is 11.4. The van der Waals surface area contributed by atoms with E-state index in [1.807, 2.05) is 69.8 Å². The lowest BCUT2D eigenvalue weighted by Gasteiger charge is -2.21. The summed E-state index contributed by atoms with van der Waals surface area (Å²) in [5.41, 5.74) is 3.79. The number of aromatic nitrogens is 2. The minimum atomic E-state index is -4.68. The van der Waals surface area contributed by atoms with Crippen LogP contribution in [0.15, 0.2) is 121 Å². The van der Waals surface area contributed by atoms with Crippen LogP contribution in [-0.2, 0) is 6.18 Å². The lowest BCUT2D eigenvalue weighted by atomic mass is 9.95. The highest BCUT2D eigenvalue weighted by Gasteiger charge is 2.34. The molecule has 0 aliphatic carbocycles. The van der Waals surface area contributed by atoms with Crippen LogP contribution in [0.5, 0.6) is 0 Å². The third-order valence-corrected chi connectivity index (χ3v) is 8.84. The van der Waals surface area contributed by atoms with Gasteiger partial charge in [-0.1, -0.05) is 66.7 Å². The van der Waals surface area contributed by atoms with E-state index in [1.54, 1.807) is 42.5 Å². The van der Waals surface area contributed by atoms with Gasteiger partial charge in [0.15, 0.2) is 0 Å². The van der Waals surface area contributed by atoms with Crippen molar-refractivity contribution in [2.75, 3.05) is 0 Å². The molecule has 0 atom stereocenters. The molecule has 0 N–H and O–H groups in total. The zero-order chi connectivity index (χ0) is 33.2. The maximum Gasteiger partial charge on any atom is 0.417 e. The van der Waals surface area contributed by atoms with E-state index in [9.17, 15) is 29.0 Å². The number of benzene rings is 6. The lowest BCUT2D eigenvalue weighted by molar-refractivity contribution is -0.137. The van der Waals surface area contributed by atoms with Gasteiger partial charge in [-0.05, 0) is 60.2 Å². The molecule has 8 aromatic rings. The molecule has 0 aliphatic rings. The monoisotopic (exact) mass is 627 g/mol. The highest BCUT2D eigenvalue weighted by molar-refractivity contribution is 6.11. The largest absolute Gasteiger partial charge is 0.417 e. The molecule has 6 aromatic carbocycles. The van der Waals surface area contributed by atoms with Crippen LogP contribution < -0.4 is 0 Å². The Balaban J connectivity index is 1.57. The minimum Gasteiger partial charge on any atom is -0.309 e. The Morgan fingerprint density at radius 3 is 1.50 bits per heavy atom. The van der Waals surface area contributed by atoms with Gasteiger partial charge in [0.2, 0.25) is 0 Å². The van der Waals surface area contributed by atoms with Crippen molar-refractivity contribution in [3.05, 3.63) is 144 Å². The second-order valence-corrected chi connectivity index (χ2v) is 11.4. The Morgan fingerprint density at radius 2 is 0.958 bits per heavy atom. The standard InChI is InChI=1S/C40H20F3N5/c41-40(42,43)33-10-4-1-7-27(33)32-20-36(47-34-11-5-2-8-28(34)30-15-13-24(21-44)17-37(30)47)26(23-46)19-39(32)48-35-12-6-3-9-29(35)31-16-14-25(22-45)18-38(31)48/h1-20H. The number of hydrogen-bond donors (Lipinski definition) is 0. The normalized spacial score (nSPS) is 11.6. The summed E-state index contributed by atoms with van der Waals surface area (Å²) in [5.74, 6) is 0. The van der Waals surface area contributed by atoms with Crippen molar-refractivity contribution in [2.45, 2.75) is 6.18 Å². The Bertz CT molecular complexity index is 2760. The maximum atomic E-state index is 14.7. The van der Waals surface area contributed by atoms with Crippen LogP contribution in [0.2, 0.25) is 0 Å². The zero-order valence-corrected chi connectivity index (χ0v) is 24.9. The van der Waals surface area contributed by atoms with Crippen molar-refractivity contribution in [1.29, 1.82) is 15.8 Å². The van der Waals surface area contributed by atoms with Crippen molar-refractivity contribution in [3.8, 4) is 40.7 Å². The van der Waals surface area contributed by atoms with Crippen LogP contribution in [0.3, 0.4) is 0 Å².